The van der Waals surface area contributed by atoms with Crippen molar-refractivity contribution < 1.29 is 14.3 Å². The number of carbonyl (C=O) groups is 1. The molecule has 0 saturated carbocycles. The first-order valence-electron chi connectivity index (χ1n) is 6.20. The van der Waals surface area contributed by atoms with Gasteiger partial charge in [0.1, 0.15) is 0 Å². The molecule has 19 heavy (non-hydrogen) atoms. The van der Waals surface area contributed by atoms with Gasteiger partial charge in [-0.1, -0.05) is 12.1 Å². The van der Waals surface area contributed by atoms with Crippen LogP contribution < -0.4 is 16.6 Å². The number of amides is 1. The van der Waals surface area contributed by atoms with E-state index in [4.69, 9.17) is 15.3 Å². The van der Waals surface area contributed by atoms with Crippen molar-refractivity contribution in [1.29, 1.82) is 0 Å². The average Bonchev–Trinajstić information content (AvgIpc) is 2.46. The predicted molar refractivity (Wildman–Crippen MR) is 73.9 cm³/mol. The maximum atomic E-state index is 11.9. The molecule has 0 spiro atoms. The van der Waals surface area contributed by atoms with Gasteiger partial charge in [0.15, 0.2) is 0 Å². The van der Waals surface area contributed by atoms with Crippen LogP contribution in [0.4, 0.5) is 5.69 Å². The van der Waals surface area contributed by atoms with Crippen molar-refractivity contribution in [2.75, 3.05) is 38.9 Å². The molecule has 6 heteroatoms. The number of anilines is 1. The molecule has 0 aliphatic heterocycles. The molecule has 1 aromatic rings. The fraction of sp³-hybridized carbons (Fsp3) is 0.462. The van der Waals surface area contributed by atoms with Crippen molar-refractivity contribution in [2.24, 2.45) is 5.84 Å². The Bertz CT molecular complexity index is 385. The summed E-state index contributed by atoms with van der Waals surface area (Å²) in [5, 5.41) is 2.82. The maximum absolute atomic E-state index is 11.9. The van der Waals surface area contributed by atoms with Crippen LogP contribution in [0.25, 0.3) is 0 Å². The summed E-state index contributed by atoms with van der Waals surface area (Å²) < 4.78 is 10.2. The van der Waals surface area contributed by atoms with Crippen LogP contribution in [0.1, 0.15) is 16.8 Å². The number of carbonyl (C=O) groups excluding carboxylic acids is 1. The highest BCUT2D eigenvalue weighted by Gasteiger charge is 2.08. The Hall–Kier alpha value is -1.63. The van der Waals surface area contributed by atoms with Crippen molar-refractivity contribution in [2.45, 2.75) is 6.42 Å². The number of ether oxygens (including phenoxy) is 2. The van der Waals surface area contributed by atoms with Gasteiger partial charge < -0.3 is 20.2 Å². The van der Waals surface area contributed by atoms with E-state index < -0.39 is 0 Å². The lowest BCUT2D eigenvalue weighted by Gasteiger charge is -2.09. The molecule has 0 aliphatic carbocycles. The first-order valence-corrected chi connectivity index (χ1v) is 6.20. The van der Waals surface area contributed by atoms with Gasteiger partial charge >= 0.3 is 0 Å². The van der Waals surface area contributed by atoms with E-state index in [0.29, 0.717) is 37.6 Å². The SMILES string of the molecule is COCCOCCCNC(=O)c1ccccc1NN. The van der Waals surface area contributed by atoms with Crippen molar-refractivity contribution >= 4 is 11.6 Å². The van der Waals surface area contributed by atoms with Gasteiger partial charge in [0.05, 0.1) is 24.5 Å². The second-order valence-corrected chi connectivity index (χ2v) is 3.90. The molecule has 0 bridgehead atoms. The summed E-state index contributed by atoms with van der Waals surface area (Å²) in [7, 11) is 1.63. The zero-order valence-electron chi connectivity index (χ0n) is 11.1. The normalized spacial score (nSPS) is 10.2. The highest BCUT2D eigenvalue weighted by Crippen LogP contribution is 2.12. The van der Waals surface area contributed by atoms with Crippen molar-refractivity contribution in [3.63, 3.8) is 0 Å². The van der Waals surface area contributed by atoms with Gasteiger partial charge in [0, 0.05) is 20.3 Å². The second-order valence-electron chi connectivity index (χ2n) is 3.90. The number of hydrogen-bond acceptors (Lipinski definition) is 5. The predicted octanol–water partition coefficient (Wildman–Crippen LogP) is 0.755. The van der Waals surface area contributed by atoms with Crippen molar-refractivity contribution in [1.82, 2.24) is 5.32 Å². The summed E-state index contributed by atoms with van der Waals surface area (Å²) in [5.74, 6) is 5.20. The number of nitrogens with two attached hydrogens (primary N) is 1. The minimum absolute atomic E-state index is 0.148. The molecule has 0 aromatic heterocycles. The zero-order chi connectivity index (χ0) is 13.9. The number of rotatable bonds is 9. The molecule has 0 aliphatic rings. The van der Waals surface area contributed by atoms with E-state index in [9.17, 15) is 4.79 Å². The first kappa shape index (κ1) is 15.4. The molecule has 4 N–H and O–H groups in total. The standard InChI is InChI=1S/C13H21N3O3/c1-18-9-10-19-8-4-7-15-13(17)11-5-2-3-6-12(11)16-14/h2-3,5-6,16H,4,7-10,14H2,1H3,(H,15,17). The fourth-order valence-electron chi connectivity index (χ4n) is 1.52. The van der Waals surface area contributed by atoms with E-state index >= 15 is 0 Å². The highest BCUT2D eigenvalue weighted by molar-refractivity contribution is 5.99. The topological polar surface area (TPSA) is 85.6 Å². The molecular weight excluding hydrogens is 246 g/mol. The van der Waals surface area contributed by atoms with E-state index in [1.807, 2.05) is 6.07 Å². The number of hydrazine groups is 1. The molecule has 106 valence electrons. The molecular formula is C13H21N3O3. The Morgan fingerprint density at radius 1 is 1.26 bits per heavy atom. The lowest BCUT2D eigenvalue weighted by atomic mass is 10.1. The maximum Gasteiger partial charge on any atom is 0.253 e. The van der Waals surface area contributed by atoms with Gasteiger partial charge in [0.2, 0.25) is 0 Å². The minimum atomic E-state index is -0.148. The van der Waals surface area contributed by atoms with Crippen LogP contribution in [0.15, 0.2) is 24.3 Å². The molecule has 0 heterocycles. The third-order valence-electron chi connectivity index (χ3n) is 2.51. The molecule has 1 rings (SSSR count). The average molecular weight is 267 g/mol. The summed E-state index contributed by atoms with van der Waals surface area (Å²) in [5.41, 5.74) is 3.64. The van der Waals surface area contributed by atoms with Gasteiger partial charge in [-0.05, 0) is 18.6 Å². The van der Waals surface area contributed by atoms with Gasteiger partial charge in [-0.3, -0.25) is 10.6 Å². The monoisotopic (exact) mass is 267 g/mol. The van der Waals surface area contributed by atoms with Crippen LogP contribution in [0.5, 0.6) is 0 Å². The molecule has 0 unspecified atom stereocenters. The second kappa shape index (κ2) is 9.32. The Labute approximate surface area is 113 Å². The Kier molecular flexibility index (Phi) is 7.57. The Morgan fingerprint density at radius 3 is 2.79 bits per heavy atom. The molecule has 1 amide bonds. The van der Waals surface area contributed by atoms with Crippen molar-refractivity contribution in [3.05, 3.63) is 29.8 Å². The van der Waals surface area contributed by atoms with Crippen LogP contribution in [-0.4, -0.2) is 39.4 Å². The van der Waals surface area contributed by atoms with Crippen LogP contribution in [0, 0.1) is 0 Å². The summed E-state index contributed by atoms with van der Waals surface area (Å²) in [4.78, 5) is 11.9. The highest BCUT2D eigenvalue weighted by atomic mass is 16.5. The molecule has 0 radical (unpaired) electrons. The fourth-order valence-corrected chi connectivity index (χ4v) is 1.52. The number of methoxy groups -OCH3 is 1. The summed E-state index contributed by atoms with van der Waals surface area (Å²) >= 11 is 0. The van der Waals surface area contributed by atoms with E-state index in [1.54, 1.807) is 25.3 Å². The molecule has 6 nitrogen and oxygen atoms in total. The molecule has 0 atom stereocenters. The Morgan fingerprint density at radius 2 is 2.05 bits per heavy atom. The van der Waals surface area contributed by atoms with E-state index in [-0.39, 0.29) is 5.91 Å². The van der Waals surface area contributed by atoms with E-state index in [1.165, 1.54) is 0 Å². The number of hydrogen-bond donors (Lipinski definition) is 3. The summed E-state index contributed by atoms with van der Waals surface area (Å²) in [6.45, 7) is 2.32. The lowest BCUT2D eigenvalue weighted by molar-refractivity contribution is 0.0688. The zero-order valence-corrected chi connectivity index (χ0v) is 11.1. The van der Waals surface area contributed by atoms with Crippen LogP contribution in [-0.2, 0) is 9.47 Å². The van der Waals surface area contributed by atoms with Gasteiger partial charge in [0.25, 0.3) is 5.91 Å². The van der Waals surface area contributed by atoms with Gasteiger partial charge in [-0.15, -0.1) is 0 Å². The molecule has 1 aromatic carbocycles. The summed E-state index contributed by atoms with van der Waals surface area (Å²) in [6, 6.07) is 7.08. The smallest absolute Gasteiger partial charge is 0.253 e. The third-order valence-corrected chi connectivity index (χ3v) is 2.51. The number of para-hydroxylation sites is 1. The summed E-state index contributed by atoms with van der Waals surface area (Å²) in [6.07, 6.45) is 0.758. The molecule has 0 fully saturated rings. The minimum Gasteiger partial charge on any atom is -0.382 e. The lowest BCUT2D eigenvalue weighted by Crippen LogP contribution is -2.26. The largest absolute Gasteiger partial charge is 0.382 e. The quantitative estimate of drug-likeness (QED) is 0.349. The number of benzene rings is 1. The number of nitrogens with one attached hydrogen (secondary N) is 2. The van der Waals surface area contributed by atoms with Crippen LogP contribution >= 0.6 is 0 Å². The van der Waals surface area contributed by atoms with Gasteiger partial charge in [-0.25, -0.2) is 0 Å². The van der Waals surface area contributed by atoms with Crippen LogP contribution in [0.3, 0.4) is 0 Å². The Balaban J connectivity index is 2.24. The van der Waals surface area contributed by atoms with Crippen molar-refractivity contribution in [3.8, 4) is 0 Å². The van der Waals surface area contributed by atoms with Gasteiger partial charge in [-0.2, -0.15) is 0 Å². The third kappa shape index (κ3) is 5.69. The number of nitrogen functional groups attached to an aromatic ring is 1. The van der Waals surface area contributed by atoms with E-state index in [0.717, 1.165) is 6.42 Å². The molecule has 0 saturated heterocycles. The van der Waals surface area contributed by atoms with Crippen LogP contribution in [0.2, 0.25) is 0 Å². The first-order chi connectivity index (χ1) is 9.29. The van der Waals surface area contributed by atoms with E-state index in [2.05, 4.69) is 10.7 Å².